The predicted molar refractivity (Wildman–Crippen MR) is 169 cm³/mol. The fourth-order valence-corrected chi connectivity index (χ4v) is 7.44. The fraction of sp³-hybridized carbons (Fsp3) is 0.441. The first-order valence-electron chi connectivity index (χ1n) is 15.6. The highest BCUT2D eigenvalue weighted by molar-refractivity contribution is 5.94. The zero-order chi connectivity index (χ0) is 30.6. The summed E-state index contributed by atoms with van der Waals surface area (Å²) in [4.78, 5) is 43.9. The number of anilines is 2. The zero-order valence-electron chi connectivity index (χ0n) is 25.9. The molecule has 7 rings (SSSR count). The number of hydrogen-bond donors (Lipinski definition) is 0. The van der Waals surface area contributed by atoms with E-state index in [0.717, 1.165) is 77.2 Å². The molecule has 2 amide bonds. The number of benzene rings is 2. The van der Waals surface area contributed by atoms with Crippen molar-refractivity contribution < 1.29 is 14.1 Å². The van der Waals surface area contributed by atoms with Crippen molar-refractivity contribution in [2.75, 3.05) is 49.6 Å². The first kappa shape index (κ1) is 28.3. The van der Waals surface area contributed by atoms with E-state index in [-0.39, 0.29) is 23.4 Å². The van der Waals surface area contributed by atoms with E-state index >= 15 is 0 Å². The molecule has 2 aromatic carbocycles. The fourth-order valence-electron chi connectivity index (χ4n) is 7.44. The molecular weight excluding hydrogens is 554 g/mol. The van der Waals surface area contributed by atoms with Gasteiger partial charge in [0.1, 0.15) is 11.6 Å². The van der Waals surface area contributed by atoms with Crippen molar-refractivity contribution in [2.24, 2.45) is 0 Å². The highest BCUT2D eigenvalue weighted by Gasteiger charge is 2.45. The molecule has 2 aromatic heterocycles. The van der Waals surface area contributed by atoms with E-state index in [0.29, 0.717) is 32.0 Å². The number of hydrogen-bond acceptors (Lipinski definition) is 8. The van der Waals surface area contributed by atoms with Gasteiger partial charge in [-0.05, 0) is 56.4 Å². The second-order valence-electron chi connectivity index (χ2n) is 12.5. The molecule has 0 radical (unpaired) electrons. The van der Waals surface area contributed by atoms with Crippen LogP contribution in [0.25, 0.3) is 22.0 Å². The van der Waals surface area contributed by atoms with Crippen LogP contribution in [0.3, 0.4) is 0 Å². The summed E-state index contributed by atoms with van der Waals surface area (Å²) in [6.45, 7) is 8.97. The van der Waals surface area contributed by atoms with E-state index in [2.05, 4.69) is 45.3 Å². The maximum Gasteiger partial charge on any atom is 0.227 e. The number of fused-ring (bicyclic) bond motifs is 1. The van der Waals surface area contributed by atoms with Crippen LogP contribution in [0.2, 0.25) is 0 Å². The Bertz CT molecular complexity index is 1710. The SMILES string of the molecule is CC(=O)N1CCN(c2nc(N3CCC4(CCC(=O)N4C)CC3)nc3ccc(-c4c(C)noc4C)cc23)C(c2ccccc2)C1. The van der Waals surface area contributed by atoms with E-state index < -0.39 is 0 Å². The number of amides is 2. The lowest BCUT2D eigenvalue weighted by atomic mass is 9.85. The van der Waals surface area contributed by atoms with Crippen LogP contribution in [-0.4, -0.2) is 82.0 Å². The second-order valence-corrected chi connectivity index (χ2v) is 12.5. The van der Waals surface area contributed by atoms with Gasteiger partial charge in [0.15, 0.2) is 0 Å². The lowest BCUT2D eigenvalue weighted by Gasteiger charge is -2.44. The van der Waals surface area contributed by atoms with Crippen molar-refractivity contribution in [1.82, 2.24) is 24.9 Å². The summed E-state index contributed by atoms with van der Waals surface area (Å²) in [5.74, 6) is 2.67. The Kier molecular flexibility index (Phi) is 7.02. The number of aromatic nitrogens is 3. The normalized spacial score (nSPS) is 20.3. The van der Waals surface area contributed by atoms with Crippen LogP contribution in [-0.2, 0) is 9.59 Å². The standard InChI is InChI=1S/C34H39N7O3/c1-22-31(23(2)44-37-22)26-10-11-28-27(20-26)32(41-19-18-40(24(3)42)21-29(41)25-8-6-5-7-9-25)36-33(35-28)39-16-14-34(15-17-39)13-12-30(43)38(34)4/h5-11,20,29H,12-19,21H2,1-4H3. The van der Waals surface area contributed by atoms with E-state index in [1.165, 1.54) is 0 Å². The lowest BCUT2D eigenvalue weighted by Crippen LogP contribution is -2.52. The Balaban J connectivity index is 1.33. The topological polar surface area (TPSA) is 98.9 Å². The summed E-state index contributed by atoms with van der Waals surface area (Å²) in [6.07, 6.45) is 3.36. The minimum Gasteiger partial charge on any atom is -0.361 e. The van der Waals surface area contributed by atoms with Gasteiger partial charge >= 0.3 is 0 Å². The molecule has 0 saturated carbocycles. The molecule has 3 fully saturated rings. The zero-order valence-corrected chi connectivity index (χ0v) is 25.9. The van der Waals surface area contributed by atoms with Gasteiger partial charge in [-0.15, -0.1) is 0 Å². The van der Waals surface area contributed by atoms with Crippen LogP contribution in [0.5, 0.6) is 0 Å². The molecule has 1 atom stereocenters. The number of rotatable bonds is 4. The van der Waals surface area contributed by atoms with Crippen LogP contribution in [0.1, 0.15) is 55.7 Å². The van der Waals surface area contributed by atoms with Crippen LogP contribution in [0.4, 0.5) is 11.8 Å². The van der Waals surface area contributed by atoms with Gasteiger partial charge in [0.25, 0.3) is 0 Å². The van der Waals surface area contributed by atoms with Crippen molar-refractivity contribution in [2.45, 2.75) is 58.0 Å². The largest absolute Gasteiger partial charge is 0.361 e. The van der Waals surface area contributed by atoms with Gasteiger partial charge < -0.3 is 24.1 Å². The Hall–Kier alpha value is -4.47. The average Bonchev–Trinajstić information content (AvgIpc) is 3.53. The highest BCUT2D eigenvalue weighted by Crippen LogP contribution is 2.41. The van der Waals surface area contributed by atoms with Crippen molar-refractivity contribution >= 4 is 34.5 Å². The quantitative estimate of drug-likeness (QED) is 0.330. The third kappa shape index (κ3) is 4.76. The predicted octanol–water partition coefficient (Wildman–Crippen LogP) is 4.90. The third-order valence-electron chi connectivity index (χ3n) is 10.1. The Morgan fingerprint density at radius 2 is 1.75 bits per heavy atom. The second kappa shape index (κ2) is 10.9. The highest BCUT2D eigenvalue weighted by atomic mass is 16.5. The van der Waals surface area contributed by atoms with Crippen LogP contribution < -0.4 is 9.80 Å². The maximum atomic E-state index is 12.5. The monoisotopic (exact) mass is 593 g/mol. The number of piperidine rings is 1. The van der Waals surface area contributed by atoms with Crippen molar-refractivity contribution in [3.63, 3.8) is 0 Å². The van der Waals surface area contributed by atoms with E-state index in [1.54, 1.807) is 6.92 Å². The lowest BCUT2D eigenvalue weighted by molar-refractivity contribution is -0.130. The molecule has 3 saturated heterocycles. The molecule has 1 spiro atoms. The molecule has 0 aliphatic carbocycles. The van der Waals surface area contributed by atoms with Crippen LogP contribution >= 0.6 is 0 Å². The molecular formula is C34H39N7O3. The van der Waals surface area contributed by atoms with Crippen LogP contribution in [0.15, 0.2) is 53.1 Å². The summed E-state index contributed by atoms with van der Waals surface area (Å²) >= 11 is 0. The molecule has 44 heavy (non-hydrogen) atoms. The molecule has 1 unspecified atom stereocenters. The summed E-state index contributed by atoms with van der Waals surface area (Å²) in [6, 6.07) is 16.6. The summed E-state index contributed by atoms with van der Waals surface area (Å²) < 4.78 is 5.51. The maximum absolute atomic E-state index is 12.5. The van der Waals surface area contributed by atoms with Gasteiger partial charge in [-0.2, -0.15) is 4.98 Å². The van der Waals surface area contributed by atoms with Crippen LogP contribution in [0, 0.1) is 13.8 Å². The molecule has 5 heterocycles. The molecule has 0 bridgehead atoms. The molecule has 3 aliphatic heterocycles. The first-order chi connectivity index (χ1) is 21.2. The van der Waals surface area contributed by atoms with Crippen molar-refractivity contribution in [1.29, 1.82) is 0 Å². The number of nitrogens with zero attached hydrogens (tertiary/aromatic N) is 7. The van der Waals surface area contributed by atoms with Gasteiger partial charge in [-0.25, -0.2) is 4.98 Å². The Labute approximate surface area is 257 Å². The summed E-state index contributed by atoms with van der Waals surface area (Å²) in [5, 5.41) is 5.15. The van der Waals surface area contributed by atoms with Crippen molar-refractivity contribution in [3.05, 3.63) is 65.5 Å². The molecule has 3 aliphatic rings. The molecule has 10 heteroatoms. The van der Waals surface area contributed by atoms with E-state index in [9.17, 15) is 9.59 Å². The minimum atomic E-state index is -0.0645. The molecule has 10 nitrogen and oxygen atoms in total. The molecule has 4 aromatic rings. The van der Waals surface area contributed by atoms with Gasteiger partial charge in [-0.1, -0.05) is 41.6 Å². The minimum absolute atomic E-state index is 0.0576. The smallest absolute Gasteiger partial charge is 0.227 e. The molecule has 0 N–H and O–H groups in total. The number of piperazine rings is 1. The van der Waals surface area contributed by atoms with Gasteiger partial charge in [0.05, 0.1) is 17.3 Å². The van der Waals surface area contributed by atoms with E-state index in [1.807, 2.05) is 48.9 Å². The average molecular weight is 594 g/mol. The van der Waals surface area contributed by atoms with Gasteiger partial charge in [0.2, 0.25) is 17.8 Å². The Morgan fingerprint density at radius 1 is 0.977 bits per heavy atom. The number of aryl methyl sites for hydroxylation is 2. The summed E-state index contributed by atoms with van der Waals surface area (Å²) in [7, 11) is 1.95. The Morgan fingerprint density at radius 3 is 2.41 bits per heavy atom. The van der Waals surface area contributed by atoms with Gasteiger partial charge in [0, 0.05) is 69.6 Å². The number of carbonyl (C=O) groups excluding carboxylic acids is 2. The number of likely N-dealkylation sites (tertiary alicyclic amines) is 1. The summed E-state index contributed by atoms with van der Waals surface area (Å²) in [5.41, 5.74) is 4.80. The van der Waals surface area contributed by atoms with Crippen molar-refractivity contribution in [3.8, 4) is 11.1 Å². The number of carbonyl (C=O) groups is 2. The third-order valence-corrected chi connectivity index (χ3v) is 10.1. The van der Waals surface area contributed by atoms with Gasteiger partial charge in [-0.3, -0.25) is 9.59 Å². The molecule has 228 valence electrons. The van der Waals surface area contributed by atoms with E-state index in [4.69, 9.17) is 14.5 Å². The first-order valence-corrected chi connectivity index (χ1v) is 15.6.